The quantitative estimate of drug-likeness (QED) is 0.430. The Morgan fingerprint density at radius 3 is 2.03 bits per heavy atom. The Morgan fingerprint density at radius 2 is 1.44 bits per heavy atom. The number of hydrogen-bond donors (Lipinski definition) is 2. The third kappa shape index (κ3) is 5.90. The summed E-state index contributed by atoms with van der Waals surface area (Å²) in [6.45, 7) is 0.381. The van der Waals surface area contributed by atoms with Crippen LogP contribution in [0.15, 0.2) is 59.5 Å². The molecular weight excluding hydrogens is 484 g/mol. The first-order chi connectivity index (χ1) is 17.3. The molecule has 2 fully saturated rings. The highest BCUT2D eigenvalue weighted by Crippen LogP contribution is 2.26. The van der Waals surface area contributed by atoms with Crippen molar-refractivity contribution in [1.29, 1.82) is 0 Å². The molecular formula is C25H30N4O6S. The fourth-order valence-corrected chi connectivity index (χ4v) is 6.34. The van der Waals surface area contributed by atoms with E-state index in [1.807, 2.05) is 18.2 Å². The zero-order chi connectivity index (χ0) is 25.7. The molecule has 1 heterocycles. The van der Waals surface area contributed by atoms with Gasteiger partial charge in [-0.3, -0.25) is 19.7 Å². The second-order valence-corrected chi connectivity index (χ2v) is 11.2. The number of rotatable bonds is 7. The van der Waals surface area contributed by atoms with Crippen molar-refractivity contribution in [3.63, 3.8) is 0 Å². The van der Waals surface area contributed by atoms with Gasteiger partial charge in [0.2, 0.25) is 15.9 Å². The fraction of sp³-hybridized carbons (Fsp3) is 0.440. The van der Waals surface area contributed by atoms with Gasteiger partial charge in [0, 0.05) is 48.8 Å². The molecule has 2 aromatic carbocycles. The normalized spacial score (nSPS) is 21.4. The van der Waals surface area contributed by atoms with Gasteiger partial charge < -0.3 is 10.6 Å². The minimum Gasteiger partial charge on any atom is -0.351 e. The maximum absolute atomic E-state index is 13.0. The molecule has 1 aliphatic carbocycles. The van der Waals surface area contributed by atoms with Crippen LogP contribution in [0.1, 0.15) is 48.9 Å². The number of benzene rings is 2. The number of carbonyl (C=O) groups excluding carboxylic acids is 2. The minimum absolute atomic E-state index is 0.00444. The first-order valence-corrected chi connectivity index (χ1v) is 13.6. The van der Waals surface area contributed by atoms with Crippen LogP contribution < -0.4 is 10.6 Å². The lowest BCUT2D eigenvalue weighted by Gasteiger charge is -2.35. The first-order valence-electron chi connectivity index (χ1n) is 12.2. The van der Waals surface area contributed by atoms with Gasteiger partial charge >= 0.3 is 0 Å². The van der Waals surface area contributed by atoms with Crippen molar-refractivity contribution >= 4 is 27.5 Å². The summed E-state index contributed by atoms with van der Waals surface area (Å²) in [5.74, 6) is -0.597. The first kappa shape index (κ1) is 25.8. The fourth-order valence-electron chi connectivity index (χ4n) is 4.87. The number of hydrogen-bond acceptors (Lipinski definition) is 6. The number of sulfonamides is 1. The van der Waals surface area contributed by atoms with Crippen molar-refractivity contribution in [3.8, 4) is 0 Å². The Labute approximate surface area is 210 Å². The third-order valence-electron chi connectivity index (χ3n) is 6.96. The SMILES string of the molecule is O=C(N[C@@H]1CCCC[C@H]1NC(=O)C1CCN(S(=O)(=O)c2ccc([N+](=O)[O-])cc2)CC1)c1ccccc1. The lowest BCUT2D eigenvalue weighted by molar-refractivity contribution is -0.384. The average molecular weight is 515 g/mol. The molecule has 10 nitrogen and oxygen atoms in total. The van der Waals surface area contributed by atoms with Gasteiger partial charge in [-0.25, -0.2) is 8.42 Å². The summed E-state index contributed by atoms with van der Waals surface area (Å²) in [6, 6.07) is 13.5. The van der Waals surface area contributed by atoms with E-state index in [0.717, 1.165) is 25.7 Å². The predicted molar refractivity (Wildman–Crippen MR) is 133 cm³/mol. The molecule has 2 N–H and O–H groups in total. The monoisotopic (exact) mass is 514 g/mol. The predicted octanol–water partition coefficient (Wildman–Crippen LogP) is 2.85. The van der Waals surface area contributed by atoms with Crippen molar-refractivity contribution in [3.05, 3.63) is 70.3 Å². The largest absolute Gasteiger partial charge is 0.351 e. The Kier molecular flexibility index (Phi) is 8.00. The van der Waals surface area contributed by atoms with Gasteiger partial charge in [0.1, 0.15) is 0 Å². The molecule has 0 spiro atoms. The van der Waals surface area contributed by atoms with Gasteiger partial charge in [-0.15, -0.1) is 0 Å². The van der Waals surface area contributed by atoms with Crippen LogP contribution in [-0.2, 0) is 14.8 Å². The van der Waals surface area contributed by atoms with Crippen molar-refractivity contribution < 1.29 is 22.9 Å². The summed E-state index contributed by atoms with van der Waals surface area (Å²) in [6.07, 6.45) is 4.27. The summed E-state index contributed by atoms with van der Waals surface area (Å²) < 4.78 is 27.2. The number of carbonyl (C=O) groups is 2. The molecule has 1 aliphatic heterocycles. The van der Waals surface area contributed by atoms with Crippen molar-refractivity contribution in [2.24, 2.45) is 5.92 Å². The number of nitrogens with zero attached hydrogens (tertiary/aromatic N) is 2. The molecule has 11 heteroatoms. The summed E-state index contributed by atoms with van der Waals surface area (Å²) >= 11 is 0. The number of piperidine rings is 1. The second kappa shape index (κ2) is 11.2. The number of amides is 2. The van der Waals surface area contributed by atoms with Crippen molar-refractivity contribution in [2.45, 2.75) is 55.5 Å². The maximum atomic E-state index is 13.0. The van der Waals surface area contributed by atoms with E-state index in [9.17, 15) is 28.1 Å². The van der Waals surface area contributed by atoms with Crippen LogP contribution >= 0.6 is 0 Å². The Morgan fingerprint density at radius 1 is 0.861 bits per heavy atom. The molecule has 2 aliphatic rings. The van der Waals surface area contributed by atoms with E-state index < -0.39 is 14.9 Å². The van der Waals surface area contributed by atoms with Crippen molar-refractivity contribution in [2.75, 3.05) is 13.1 Å². The zero-order valence-electron chi connectivity index (χ0n) is 19.8. The zero-order valence-corrected chi connectivity index (χ0v) is 20.7. The highest BCUT2D eigenvalue weighted by Gasteiger charge is 2.35. The van der Waals surface area contributed by atoms with Crippen LogP contribution in [0.2, 0.25) is 0 Å². The number of nitrogens with one attached hydrogen (secondary N) is 2. The maximum Gasteiger partial charge on any atom is 0.269 e. The average Bonchev–Trinajstić information content (AvgIpc) is 2.90. The van der Waals surface area contributed by atoms with Crippen LogP contribution in [0.3, 0.4) is 0 Å². The van der Waals surface area contributed by atoms with E-state index >= 15 is 0 Å². The lowest BCUT2D eigenvalue weighted by Crippen LogP contribution is -2.55. The molecule has 0 bridgehead atoms. The van der Waals surface area contributed by atoms with E-state index in [-0.39, 0.29) is 53.5 Å². The topological polar surface area (TPSA) is 139 Å². The summed E-state index contributed by atoms with van der Waals surface area (Å²) in [5.41, 5.74) is 0.403. The smallest absolute Gasteiger partial charge is 0.269 e. The summed E-state index contributed by atoms with van der Waals surface area (Å²) in [5, 5.41) is 17.0. The summed E-state index contributed by atoms with van der Waals surface area (Å²) in [4.78, 5) is 35.9. The van der Waals surface area contributed by atoms with E-state index in [1.165, 1.54) is 28.6 Å². The molecule has 36 heavy (non-hydrogen) atoms. The van der Waals surface area contributed by atoms with Gasteiger partial charge in [0.05, 0.1) is 9.82 Å². The molecule has 4 rings (SSSR count). The van der Waals surface area contributed by atoms with Gasteiger partial charge in [0.25, 0.3) is 11.6 Å². The summed E-state index contributed by atoms with van der Waals surface area (Å²) in [7, 11) is -3.80. The Balaban J connectivity index is 1.32. The van der Waals surface area contributed by atoms with Crippen LogP contribution in [0.4, 0.5) is 5.69 Å². The minimum atomic E-state index is -3.80. The number of nitro groups is 1. The molecule has 0 unspecified atom stereocenters. The van der Waals surface area contributed by atoms with Gasteiger partial charge in [-0.2, -0.15) is 4.31 Å². The van der Waals surface area contributed by atoms with E-state index in [1.54, 1.807) is 12.1 Å². The van der Waals surface area contributed by atoms with E-state index in [4.69, 9.17) is 0 Å². The van der Waals surface area contributed by atoms with Crippen LogP contribution in [-0.4, -0.2) is 54.6 Å². The molecule has 2 aromatic rings. The van der Waals surface area contributed by atoms with Gasteiger partial charge in [0.15, 0.2) is 0 Å². The lowest BCUT2D eigenvalue weighted by atomic mass is 9.88. The standard InChI is InChI=1S/C25H30N4O6S/c30-24(18-6-2-1-3-7-18)26-22-8-4-5-9-23(22)27-25(31)19-14-16-28(17-15-19)36(34,35)21-12-10-20(11-13-21)29(32)33/h1-3,6-7,10-13,19,22-23H,4-5,8-9,14-17H2,(H,26,30)(H,27,31)/t22-,23-/m1/s1. The Hall–Kier alpha value is -3.31. The van der Waals surface area contributed by atoms with Gasteiger partial charge in [-0.1, -0.05) is 31.0 Å². The van der Waals surface area contributed by atoms with E-state index in [0.29, 0.717) is 18.4 Å². The third-order valence-corrected chi connectivity index (χ3v) is 8.87. The van der Waals surface area contributed by atoms with Gasteiger partial charge in [-0.05, 0) is 49.9 Å². The van der Waals surface area contributed by atoms with Crippen LogP contribution in [0.5, 0.6) is 0 Å². The molecule has 0 radical (unpaired) electrons. The van der Waals surface area contributed by atoms with Crippen LogP contribution in [0, 0.1) is 16.0 Å². The molecule has 2 amide bonds. The number of nitro benzene ring substituents is 1. The van der Waals surface area contributed by atoms with Crippen LogP contribution in [0.25, 0.3) is 0 Å². The Bertz CT molecular complexity index is 1190. The molecule has 192 valence electrons. The number of non-ortho nitro benzene ring substituents is 1. The second-order valence-electron chi connectivity index (χ2n) is 9.27. The molecule has 0 aromatic heterocycles. The highest BCUT2D eigenvalue weighted by molar-refractivity contribution is 7.89. The molecule has 2 atom stereocenters. The molecule has 1 saturated heterocycles. The highest BCUT2D eigenvalue weighted by atomic mass is 32.2. The van der Waals surface area contributed by atoms with Crippen molar-refractivity contribution in [1.82, 2.24) is 14.9 Å². The van der Waals surface area contributed by atoms with E-state index in [2.05, 4.69) is 10.6 Å². The molecule has 1 saturated carbocycles.